The SMILES string of the molecule is CCCCNS(=O)(=O)OB(O)c1ccccc1. The van der Waals surface area contributed by atoms with Crippen LogP contribution in [0.4, 0.5) is 0 Å². The van der Waals surface area contributed by atoms with E-state index in [1.165, 1.54) is 0 Å². The number of hydrogen-bond donors (Lipinski definition) is 2. The first-order valence-electron chi connectivity index (χ1n) is 5.46. The predicted octanol–water partition coefficient (Wildman–Crippen LogP) is 0.0252. The van der Waals surface area contributed by atoms with Gasteiger partial charge in [-0.1, -0.05) is 43.7 Å². The van der Waals surface area contributed by atoms with Gasteiger partial charge < -0.3 is 5.02 Å². The van der Waals surface area contributed by atoms with Gasteiger partial charge in [-0.25, -0.2) is 0 Å². The molecule has 7 heteroatoms. The van der Waals surface area contributed by atoms with Crippen molar-refractivity contribution in [2.24, 2.45) is 0 Å². The van der Waals surface area contributed by atoms with E-state index in [-0.39, 0.29) is 0 Å². The average molecular weight is 257 g/mol. The largest absolute Gasteiger partial charge is 0.508 e. The van der Waals surface area contributed by atoms with E-state index in [0.717, 1.165) is 12.8 Å². The Kier molecular flexibility index (Phi) is 5.63. The Morgan fingerprint density at radius 3 is 2.59 bits per heavy atom. The van der Waals surface area contributed by atoms with Crippen molar-refractivity contribution in [2.45, 2.75) is 19.8 Å². The molecule has 0 spiro atoms. The number of benzene rings is 1. The predicted molar refractivity (Wildman–Crippen MR) is 67.0 cm³/mol. The third-order valence-corrected chi connectivity index (χ3v) is 3.11. The van der Waals surface area contributed by atoms with Crippen molar-refractivity contribution in [3.63, 3.8) is 0 Å². The molecule has 1 rings (SSSR count). The summed E-state index contributed by atoms with van der Waals surface area (Å²) in [5, 5.41) is 9.57. The molecule has 0 radical (unpaired) electrons. The molecular formula is C10H16BNO4S. The lowest BCUT2D eigenvalue weighted by Gasteiger charge is -2.09. The van der Waals surface area contributed by atoms with Gasteiger partial charge in [0.25, 0.3) is 0 Å². The summed E-state index contributed by atoms with van der Waals surface area (Å²) in [5.41, 5.74) is 0.397. The van der Waals surface area contributed by atoms with Crippen LogP contribution in [0.5, 0.6) is 0 Å². The van der Waals surface area contributed by atoms with E-state index in [2.05, 4.69) is 8.82 Å². The molecular weight excluding hydrogens is 241 g/mol. The molecule has 2 N–H and O–H groups in total. The van der Waals surface area contributed by atoms with Crippen molar-refractivity contribution >= 4 is 22.9 Å². The van der Waals surface area contributed by atoms with Gasteiger partial charge in [-0.2, -0.15) is 13.1 Å². The lowest BCUT2D eigenvalue weighted by Crippen LogP contribution is -2.40. The molecule has 0 bridgehead atoms. The lowest BCUT2D eigenvalue weighted by atomic mass is 9.80. The highest BCUT2D eigenvalue weighted by Crippen LogP contribution is 1.94. The van der Waals surface area contributed by atoms with Gasteiger partial charge in [0.2, 0.25) is 0 Å². The monoisotopic (exact) mass is 257 g/mol. The first-order valence-corrected chi connectivity index (χ1v) is 6.87. The van der Waals surface area contributed by atoms with Crippen molar-refractivity contribution in [3.05, 3.63) is 30.3 Å². The van der Waals surface area contributed by atoms with E-state index < -0.39 is 17.4 Å². The van der Waals surface area contributed by atoms with E-state index in [4.69, 9.17) is 0 Å². The zero-order chi connectivity index (χ0) is 12.7. The number of hydrogen-bond acceptors (Lipinski definition) is 4. The molecule has 0 fully saturated rings. The molecule has 1 aromatic rings. The number of unbranched alkanes of at least 4 members (excludes halogenated alkanes) is 1. The maximum Gasteiger partial charge on any atom is 0.508 e. The van der Waals surface area contributed by atoms with Crippen molar-refractivity contribution in [2.75, 3.05) is 6.54 Å². The molecule has 0 heterocycles. The zero-order valence-corrected chi connectivity index (χ0v) is 10.5. The van der Waals surface area contributed by atoms with Gasteiger partial charge in [0, 0.05) is 6.54 Å². The normalized spacial score (nSPS) is 11.4. The third kappa shape index (κ3) is 5.32. The molecule has 0 aromatic heterocycles. The van der Waals surface area contributed by atoms with Crippen molar-refractivity contribution in [1.29, 1.82) is 0 Å². The number of nitrogens with one attached hydrogen (secondary N) is 1. The second-order valence-corrected chi connectivity index (χ2v) is 4.95. The van der Waals surface area contributed by atoms with E-state index in [0.29, 0.717) is 12.0 Å². The first kappa shape index (κ1) is 14.2. The second kappa shape index (κ2) is 6.75. The fourth-order valence-corrected chi connectivity index (χ4v) is 2.01. The summed E-state index contributed by atoms with van der Waals surface area (Å²) in [6.07, 6.45) is 1.60. The Labute approximate surface area is 102 Å². The Morgan fingerprint density at radius 2 is 2.00 bits per heavy atom. The van der Waals surface area contributed by atoms with E-state index >= 15 is 0 Å². The summed E-state index contributed by atoms with van der Waals surface area (Å²) >= 11 is 0. The van der Waals surface area contributed by atoms with Gasteiger partial charge >= 0.3 is 17.4 Å². The molecule has 0 aliphatic rings. The van der Waals surface area contributed by atoms with Crippen molar-refractivity contribution in [1.82, 2.24) is 4.72 Å². The molecule has 0 aliphatic carbocycles. The van der Waals surface area contributed by atoms with Crippen molar-refractivity contribution in [3.8, 4) is 0 Å². The van der Waals surface area contributed by atoms with Crippen LogP contribution in [0.25, 0.3) is 0 Å². The van der Waals surface area contributed by atoms with Gasteiger partial charge in [-0.15, -0.1) is 0 Å². The van der Waals surface area contributed by atoms with Crippen LogP contribution < -0.4 is 10.2 Å². The van der Waals surface area contributed by atoms with Crippen LogP contribution in [0.3, 0.4) is 0 Å². The summed E-state index contributed by atoms with van der Waals surface area (Å²) in [6.45, 7) is 2.26. The van der Waals surface area contributed by atoms with Crippen LogP contribution in [0, 0.1) is 0 Å². The van der Waals surface area contributed by atoms with Gasteiger partial charge in [0.05, 0.1) is 0 Å². The maximum absolute atomic E-state index is 11.4. The second-order valence-electron chi connectivity index (χ2n) is 3.56. The minimum absolute atomic E-state index is 0.306. The fourth-order valence-electron chi connectivity index (χ4n) is 1.20. The van der Waals surface area contributed by atoms with Gasteiger partial charge in [-0.05, 0) is 11.9 Å². The summed E-state index contributed by atoms with van der Waals surface area (Å²) in [6, 6.07) is 8.33. The average Bonchev–Trinajstić information content (AvgIpc) is 2.30. The van der Waals surface area contributed by atoms with E-state index in [1.54, 1.807) is 30.3 Å². The van der Waals surface area contributed by atoms with E-state index in [1.807, 2.05) is 6.92 Å². The molecule has 0 saturated carbocycles. The molecule has 0 atom stereocenters. The van der Waals surface area contributed by atoms with Crippen LogP contribution >= 0.6 is 0 Å². The Morgan fingerprint density at radius 1 is 1.35 bits per heavy atom. The van der Waals surface area contributed by atoms with Crippen LogP contribution in [-0.4, -0.2) is 27.1 Å². The third-order valence-electron chi connectivity index (χ3n) is 2.11. The Hall–Kier alpha value is -0.885. The van der Waals surface area contributed by atoms with Crippen LogP contribution in [-0.2, 0) is 14.4 Å². The quantitative estimate of drug-likeness (QED) is 0.533. The lowest BCUT2D eigenvalue weighted by molar-refractivity contribution is 0.411. The standard InChI is InChI=1S/C10H16BNO4S/c1-2-3-9-12-17(14,15)16-11(13)10-7-5-4-6-8-10/h4-8,12-13H,2-3,9H2,1H3. The molecule has 5 nitrogen and oxygen atoms in total. The summed E-state index contributed by atoms with van der Waals surface area (Å²) in [7, 11) is -5.38. The molecule has 0 amide bonds. The molecule has 17 heavy (non-hydrogen) atoms. The van der Waals surface area contributed by atoms with Gasteiger partial charge in [0.1, 0.15) is 0 Å². The Balaban J connectivity index is 2.53. The van der Waals surface area contributed by atoms with Crippen molar-refractivity contribution < 1.29 is 17.5 Å². The smallest absolute Gasteiger partial charge is 0.422 e. The van der Waals surface area contributed by atoms with Crippen LogP contribution in [0.15, 0.2) is 30.3 Å². The molecule has 1 aromatic carbocycles. The van der Waals surface area contributed by atoms with Gasteiger partial charge in [0.15, 0.2) is 0 Å². The topological polar surface area (TPSA) is 75.6 Å². The highest BCUT2D eigenvalue weighted by atomic mass is 32.2. The molecule has 0 unspecified atom stereocenters. The zero-order valence-electron chi connectivity index (χ0n) is 9.67. The first-order chi connectivity index (χ1) is 8.05. The summed E-state index contributed by atoms with van der Waals surface area (Å²) < 4.78 is 29.6. The molecule has 0 saturated heterocycles. The van der Waals surface area contributed by atoms with Gasteiger partial charge in [-0.3, -0.25) is 4.10 Å². The Bertz CT molecular complexity index is 423. The van der Waals surface area contributed by atoms with E-state index in [9.17, 15) is 13.4 Å². The molecule has 94 valence electrons. The number of rotatable bonds is 7. The highest BCUT2D eigenvalue weighted by molar-refractivity contribution is 7.85. The van der Waals surface area contributed by atoms with Crippen LogP contribution in [0.1, 0.15) is 19.8 Å². The minimum atomic E-state index is -3.90. The fraction of sp³-hybridized carbons (Fsp3) is 0.400. The maximum atomic E-state index is 11.4. The summed E-state index contributed by atoms with van der Waals surface area (Å²) in [4.78, 5) is 0. The minimum Gasteiger partial charge on any atom is -0.422 e. The highest BCUT2D eigenvalue weighted by Gasteiger charge is 2.23. The summed E-state index contributed by atoms with van der Waals surface area (Å²) in [5.74, 6) is 0. The van der Waals surface area contributed by atoms with Crippen LogP contribution in [0.2, 0.25) is 0 Å². The molecule has 0 aliphatic heterocycles.